The Labute approximate surface area is 175 Å². The molecule has 0 radical (unpaired) electrons. The fourth-order valence-corrected chi connectivity index (χ4v) is 4.63. The number of carboxylic acid groups (broad SMARTS) is 1. The van der Waals surface area contributed by atoms with E-state index in [1.165, 1.54) is 23.4 Å². The lowest BCUT2D eigenvalue weighted by molar-refractivity contribution is -0.151. The number of rotatable bonds is 6. The lowest BCUT2D eigenvalue weighted by Crippen LogP contribution is -2.70. The van der Waals surface area contributed by atoms with Gasteiger partial charge in [-0.1, -0.05) is 11.6 Å². The molecule has 1 fully saturated rings. The topological polar surface area (TPSA) is 131 Å². The van der Waals surface area contributed by atoms with Gasteiger partial charge >= 0.3 is 11.9 Å². The zero-order chi connectivity index (χ0) is 21.5. The first-order valence-corrected chi connectivity index (χ1v) is 10.1. The van der Waals surface area contributed by atoms with Gasteiger partial charge in [0.25, 0.3) is 5.91 Å². The number of esters is 1. The Balaban J connectivity index is 1.70. The van der Waals surface area contributed by atoms with Crippen LogP contribution >= 0.6 is 23.4 Å². The summed E-state index contributed by atoms with van der Waals surface area (Å²) in [6, 6.07) is -0.843. The molecule has 0 bridgehead atoms. The molecule has 1 saturated heterocycles. The molecule has 29 heavy (non-hydrogen) atoms. The summed E-state index contributed by atoms with van der Waals surface area (Å²) in [4.78, 5) is 48.8. The van der Waals surface area contributed by atoms with E-state index < -0.39 is 35.2 Å². The Kier molecular flexibility index (Phi) is 5.90. The van der Waals surface area contributed by atoms with Gasteiger partial charge in [0.1, 0.15) is 30.3 Å². The van der Waals surface area contributed by atoms with Crippen molar-refractivity contribution in [1.82, 2.24) is 20.0 Å². The molecule has 3 rings (SSSR count). The average molecular weight is 443 g/mol. The molecule has 2 amide bonds. The Hall–Kier alpha value is -2.53. The van der Waals surface area contributed by atoms with Crippen molar-refractivity contribution in [2.45, 2.75) is 38.7 Å². The number of nitrogens with one attached hydrogen (secondary N) is 1. The normalized spacial score (nSPS) is 20.8. The van der Waals surface area contributed by atoms with E-state index >= 15 is 0 Å². The molecule has 0 aromatic carbocycles. The van der Waals surface area contributed by atoms with Crippen molar-refractivity contribution in [3.05, 3.63) is 27.7 Å². The van der Waals surface area contributed by atoms with Gasteiger partial charge in [0.2, 0.25) is 5.91 Å². The van der Waals surface area contributed by atoms with Gasteiger partial charge < -0.3 is 15.2 Å². The minimum atomic E-state index is -1.28. The number of aromatic nitrogens is 2. The number of hydrogen-bond acceptors (Lipinski definition) is 7. The molecule has 0 spiro atoms. The number of nitrogens with zero attached hydrogens (tertiary/aromatic N) is 3. The quantitative estimate of drug-likeness (QED) is 0.479. The molecule has 2 N–H and O–H groups in total. The molecule has 10 nitrogen and oxygen atoms in total. The molecule has 12 heteroatoms. The minimum absolute atomic E-state index is 0.111. The lowest BCUT2D eigenvalue weighted by atomic mass is 10.0. The summed E-state index contributed by atoms with van der Waals surface area (Å²) in [7, 11) is 0. The molecule has 2 atom stereocenters. The van der Waals surface area contributed by atoms with Crippen molar-refractivity contribution in [2.75, 3.05) is 12.4 Å². The van der Waals surface area contributed by atoms with E-state index in [-0.39, 0.29) is 24.6 Å². The lowest BCUT2D eigenvalue weighted by Gasteiger charge is -2.49. The Morgan fingerprint density at radius 3 is 2.62 bits per heavy atom. The molecule has 0 aliphatic carbocycles. The van der Waals surface area contributed by atoms with Gasteiger partial charge in [0.15, 0.2) is 0 Å². The number of carbonyl (C=O) groups is 4. The summed E-state index contributed by atoms with van der Waals surface area (Å²) in [6.07, 6.45) is 0. The number of amides is 2. The van der Waals surface area contributed by atoms with Crippen LogP contribution in [0.3, 0.4) is 0 Å². The maximum atomic E-state index is 12.6. The summed E-state index contributed by atoms with van der Waals surface area (Å²) >= 11 is 7.37. The van der Waals surface area contributed by atoms with E-state index in [4.69, 9.17) is 16.3 Å². The molecular formula is C17H19ClN4O6S. The van der Waals surface area contributed by atoms with E-state index in [1.807, 2.05) is 0 Å². The third-order valence-corrected chi connectivity index (χ3v) is 6.49. The molecule has 1 aromatic heterocycles. The summed E-state index contributed by atoms with van der Waals surface area (Å²) in [6.45, 7) is 4.37. The highest BCUT2D eigenvalue weighted by atomic mass is 35.5. The van der Waals surface area contributed by atoms with E-state index in [0.717, 1.165) is 4.90 Å². The van der Waals surface area contributed by atoms with E-state index in [2.05, 4.69) is 10.4 Å². The van der Waals surface area contributed by atoms with Crippen molar-refractivity contribution in [3.8, 4) is 0 Å². The summed E-state index contributed by atoms with van der Waals surface area (Å²) < 4.78 is 6.33. The van der Waals surface area contributed by atoms with Gasteiger partial charge in [0.05, 0.1) is 16.4 Å². The average Bonchev–Trinajstić information content (AvgIpc) is 2.89. The zero-order valence-corrected chi connectivity index (χ0v) is 17.5. The molecule has 1 aromatic rings. The maximum absolute atomic E-state index is 12.6. The van der Waals surface area contributed by atoms with Crippen LogP contribution in [0.4, 0.5) is 0 Å². The van der Waals surface area contributed by atoms with E-state index in [1.54, 1.807) is 13.8 Å². The highest BCUT2D eigenvalue weighted by Gasteiger charge is 2.54. The smallest absolute Gasteiger partial charge is 0.352 e. The second kappa shape index (κ2) is 8.07. The maximum Gasteiger partial charge on any atom is 0.352 e. The number of carbonyl (C=O) groups excluding carboxylic acids is 3. The third kappa shape index (κ3) is 3.97. The Morgan fingerprint density at radius 2 is 2.07 bits per heavy atom. The van der Waals surface area contributed by atoms with Crippen LogP contribution in [0.2, 0.25) is 5.02 Å². The van der Waals surface area contributed by atoms with Gasteiger partial charge in [-0.15, -0.1) is 11.8 Å². The van der Waals surface area contributed by atoms with Gasteiger partial charge in [-0.25, -0.2) is 4.79 Å². The number of ether oxygens (including phenoxy) is 1. The fraction of sp³-hybridized carbons (Fsp3) is 0.471. The predicted octanol–water partition coefficient (Wildman–Crippen LogP) is 0.455. The molecule has 2 aliphatic heterocycles. The third-order valence-electron chi connectivity index (χ3n) is 4.60. The van der Waals surface area contributed by atoms with Gasteiger partial charge in [-0.3, -0.25) is 24.0 Å². The number of fused-ring (bicyclic) bond motifs is 1. The second-order valence-electron chi connectivity index (χ2n) is 6.64. The first-order chi connectivity index (χ1) is 13.6. The van der Waals surface area contributed by atoms with Gasteiger partial charge in [-0.2, -0.15) is 5.10 Å². The second-order valence-corrected chi connectivity index (χ2v) is 8.12. The van der Waals surface area contributed by atoms with Crippen molar-refractivity contribution in [3.63, 3.8) is 0 Å². The fourth-order valence-electron chi connectivity index (χ4n) is 3.17. The standard InChI is InChI=1S/C17H19ClN4O6S/c1-7-12(18)8(2)21(20-7)4-11(24)19-13-15(25)22-14(17(26)27)10(5-28-9(3)23)6-29-16(13)22/h13,16H,4-6H2,1-3H3,(H,19,24)(H,26,27)/t13-,16-/m0/s1. The van der Waals surface area contributed by atoms with Crippen molar-refractivity contribution in [1.29, 1.82) is 0 Å². The number of aryl methyl sites for hydroxylation is 1. The van der Waals surface area contributed by atoms with Crippen molar-refractivity contribution >= 4 is 47.1 Å². The van der Waals surface area contributed by atoms with Crippen LogP contribution in [0.5, 0.6) is 0 Å². The molecular weight excluding hydrogens is 424 g/mol. The van der Waals surface area contributed by atoms with Crippen LogP contribution in [-0.4, -0.2) is 67.3 Å². The monoisotopic (exact) mass is 442 g/mol. The van der Waals surface area contributed by atoms with Crippen molar-refractivity contribution in [2.24, 2.45) is 0 Å². The minimum Gasteiger partial charge on any atom is -0.477 e. The molecule has 3 heterocycles. The summed E-state index contributed by atoms with van der Waals surface area (Å²) in [5, 5.41) is 16.3. The van der Waals surface area contributed by atoms with Crippen LogP contribution < -0.4 is 5.32 Å². The first kappa shape index (κ1) is 21.2. The van der Waals surface area contributed by atoms with Gasteiger partial charge in [-0.05, 0) is 13.8 Å². The number of β-lactam (4-membered cyclic amide) rings is 1. The van der Waals surface area contributed by atoms with Gasteiger partial charge in [0, 0.05) is 18.2 Å². The molecule has 0 saturated carbocycles. The number of carboxylic acids is 1. The highest BCUT2D eigenvalue weighted by molar-refractivity contribution is 8.00. The number of aliphatic carboxylic acids is 1. The SMILES string of the molecule is CC(=O)OCC1=C(C(=O)O)N2C(=O)[C@H](NC(=O)Cn3nc(C)c(Cl)c3C)[C@@H]2SC1. The molecule has 0 unspecified atom stereocenters. The number of halogens is 1. The summed E-state index contributed by atoms with van der Waals surface area (Å²) in [5.41, 5.74) is 1.38. The Bertz CT molecular complexity index is 943. The number of thioether (sulfide) groups is 1. The van der Waals surface area contributed by atoms with Crippen LogP contribution in [0, 0.1) is 13.8 Å². The van der Waals surface area contributed by atoms with Crippen LogP contribution in [0.1, 0.15) is 18.3 Å². The van der Waals surface area contributed by atoms with Crippen LogP contribution in [0.15, 0.2) is 11.3 Å². The predicted molar refractivity (Wildman–Crippen MR) is 103 cm³/mol. The highest BCUT2D eigenvalue weighted by Crippen LogP contribution is 2.40. The van der Waals surface area contributed by atoms with Crippen molar-refractivity contribution < 1.29 is 29.0 Å². The van der Waals surface area contributed by atoms with Crippen LogP contribution in [-0.2, 0) is 30.5 Å². The summed E-state index contributed by atoms with van der Waals surface area (Å²) in [5.74, 6) is -2.52. The van der Waals surface area contributed by atoms with Crippen LogP contribution in [0.25, 0.3) is 0 Å². The largest absolute Gasteiger partial charge is 0.477 e. The zero-order valence-electron chi connectivity index (χ0n) is 15.9. The Morgan fingerprint density at radius 1 is 1.38 bits per heavy atom. The van der Waals surface area contributed by atoms with E-state index in [0.29, 0.717) is 22.0 Å². The van der Waals surface area contributed by atoms with E-state index in [9.17, 15) is 24.3 Å². The number of hydrogen-bond donors (Lipinski definition) is 2. The molecule has 156 valence electrons. The first-order valence-electron chi connectivity index (χ1n) is 8.64. The molecule has 2 aliphatic rings.